The van der Waals surface area contributed by atoms with Crippen molar-refractivity contribution in [1.82, 2.24) is 15.1 Å². The fourth-order valence-corrected chi connectivity index (χ4v) is 4.96. The zero-order valence-corrected chi connectivity index (χ0v) is 18.9. The third-order valence-corrected chi connectivity index (χ3v) is 6.61. The minimum atomic E-state index is -0.121. The number of benzene rings is 1. The molecule has 6 heteroatoms. The first-order chi connectivity index (χ1) is 14.6. The molecule has 1 aliphatic rings. The number of nitrogens with zero attached hydrogens (tertiary/aromatic N) is 2. The molecule has 1 heterocycles. The van der Waals surface area contributed by atoms with E-state index in [2.05, 4.69) is 24.4 Å². The highest BCUT2D eigenvalue weighted by Gasteiger charge is 2.29. The monoisotopic (exact) mass is 427 g/mol. The lowest BCUT2D eigenvalue weighted by Gasteiger charge is -2.35. The number of aryl methyl sites for hydroxylation is 1. The molecule has 3 rings (SSSR count). The summed E-state index contributed by atoms with van der Waals surface area (Å²) in [5.74, 6) is 0.00160. The second kappa shape index (κ2) is 11.2. The van der Waals surface area contributed by atoms with Gasteiger partial charge in [0.15, 0.2) is 0 Å². The normalized spacial score (nSPS) is 14.3. The third kappa shape index (κ3) is 6.33. The Labute approximate surface area is 184 Å². The highest BCUT2D eigenvalue weighted by Crippen LogP contribution is 2.24. The number of nitrogens with one attached hydrogen (secondary N) is 1. The first-order valence-electron chi connectivity index (χ1n) is 11.0. The van der Waals surface area contributed by atoms with E-state index in [0.717, 1.165) is 31.2 Å². The molecule has 0 atom stereocenters. The summed E-state index contributed by atoms with van der Waals surface area (Å²) in [6, 6.07) is 14.3. The van der Waals surface area contributed by atoms with Crippen molar-refractivity contribution >= 4 is 23.3 Å². The lowest BCUT2D eigenvalue weighted by molar-refractivity contribution is -0.133. The number of rotatable bonds is 8. The van der Waals surface area contributed by atoms with Gasteiger partial charge in [-0.1, -0.05) is 49.6 Å². The van der Waals surface area contributed by atoms with E-state index in [0.29, 0.717) is 19.6 Å². The molecule has 1 aliphatic carbocycles. The minimum absolute atomic E-state index is 0.00160. The SMILES string of the molecule is CCNC(=O)N(CC(=O)N(Cc1ccccc1)Cc1ccc(C)s1)C1CCCCC1. The van der Waals surface area contributed by atoms with Gasteiger partial charge in [-0.05, 0) is 44.4 Å². The summed E-state index contributed by atoms with van der Waals surface area (Å²) in [6.07, 6.45) is 5.42. The largest absolute Gasteiger partial charge is 0.338 e. The zero-order chi connectivity index (χ0) is 21.3. The van der Waals surface area contributed by atoms with Gasteiger partial charge >= 0.3 is 6.03 Å². The second-order valence-corrected chi connectivity index (χ2v) is 9.38. The maximum atomic E-state index is 13.4. The smallest absolute Gasteiger partial charge is 0.318 e. The van der Waals surface area contributed by atoms with Crippen molar-refractivity contribution in [2.75, 3.05) is 13.1 Å². The summed E-state index contributed by atoms with van der Waals surface area (Å²) in [4.78, 5) is 32.3. The number of urea groups is 1. The predicted molar refractivity (Wildman–Crippen MR) is 122 cm³/mol. The summed E-state index contributed by atoms with van der Waals surface area (Å²) in [5, 5.41) is 2.91. The Bertz CT molecular complexity index is 815. The van der Waals surface area contributed by atoms with Gasteiger partial charge in [-0.25, -0.2) is 4.79 Å². The van der Waals surface area contributed by atoms with E-state index in [1.807, 2.05) is 42.2 Å². The molecule has 0 bridgehead atoms. The number of thiophene rings is 1. The van der Waals surface area contributed by atoms with Crippen LogP contribution in [-0.4, -0.2) is 40.9 Å². The van der Waals surface area contributed by atoms with E-state index in [4.69, 9.17) is 0 Å². The fourth-order valence-electron chi connectivity index (χ4n) is 4.05. The predicted octanol–water partition coefficient (Wildman–Crippen LogP) is 4.95. The molecule has 0 unspecified atom stereocenters. The standard InChI is InChI=1S/C24H33N3O2S/c1-3-25-24(29)27(21-12-8-5-9-13-21)18-23(28)26(16-20-10-6-4-7-11-20)17-22-15-14-19(2)30-22/h4,6-7,10-11,14-15,21H,3,5,8-9,12-13,16-18H2,1-2H3,(H,25,29). The minimum Gasteiger partial charge on any atom is -0.338 e. The number of carbonyl (C=O) groups is 2. The summed E-state index contributed by atoms with van der Waals surface area (Å²) in [6.45, 7) is 5.81. The third-order valence-electron chi connectivity index (χ3n) is 5.62. The van der Waals surface area contributed by atoms with Crippen LogP contribution in [0.5, 0.6) is 0 Å². The van der Waals surface area contributed by atoms with E-state index in [1.165, 1.54) is 16.2 Å². The number of hydrogen-bond acceptors (Lipinski definition) is 3. The Hall–Kier alpha value is -2.34. The first kappa shape index (κ1) is 22.3. The average molecular weight is 428 g/mol. The molecule has 5 nitrogen and oxygen atoms in total. The molecular formula is C24H33N3O2S. The van der Waals surface area contributed by atoms with Crippen LogP contribution in [0.15, 0.2) is 42.5 Å². The quantitative estimate of drug-likeness (QED) is 0.648. The molecule has 1 aromatic carbocycles. The van der Waals surface area contributed by atoms with Gasteiger partial charge in [0, 0.05) is 28.9 Å². The van der Waals surface area contributed by atoms with Crippen LogP contribution in [0, 0.1) is 6.92 Å². The van der Waals surface area contributed by atoms with Gasteiger partial charge in [-0.3, -0.25) is 4.79 Å². The van der Waals surface area contributed by atoms with Crippen LogP contribution in [0.4, 0.5) is 4.79 Å². The van der Waals surface area contributed by atoms with E-state index in [9.17, 15) is 9.59 Å². The molecular weight excluding hydrogens is 394 g/mol. The van der Waals surface area contributed by atoms with Crippen LogP contribution >= 0.6 is 11.3 Å². The summed E-state index contributed by atoms with van der Waals surface area (Å²) < 4.78 is 0. The molecule has 0 saturated heterocycles. The highest BCUT2D eigenvalue weighted by molar-refractivity contribution is 7.11. The Kier molecular flexibility index (Phi) is 8.31. The maximum Gasteiger partial charge on any atom is 0.318 e. The van der Waals surface area contributed by atoms with Gasteiger partial charge in [-0.2, -0.15) is 0 Å². The first-order valence-corrected chi connectivity index (χ1v) is 11.8. The summed E-state index contributed by atoms with van der Waals surface area (Å²) in [5.41, 5.74) is 1.10. The molecule has 0 radical (unpaired) electrons. The van der Waals surface area contributed by atoms with Crippen molar-refractivity contribution < 1.29 is 9.59 Å². The van der Waals surface area contributed by atoms with Gasteiger partial charge in [0.05, 0.1) is 6.54 Å². The number of hydrogen-bond donors (Lipinski definition) is 1. The summed E-state index contributed by atoms with van der Waals surface area (Å²) in [7, 11) is 0. The van der Waals surface area contributed by atoms with Crippen molar-refractivity contribution in [3.05, 3.63) is 57.8 Å². The maximum absolute atomic E-state index is 13.4. The highest BCUT2D eigenvalue weighted by atomic mass is 32.1. The Morgan fingerprint density at radius 3 is 2.40 bits per heavy atom. The molecule has 0 spiro atoms. The van der Waals surface area contributed by atoms with Crippen LogP contribution in [-0.2, 0) is 17.9 Å². The van der Waals surface area contributed by atoms with Crippen LogP contribution in [0.3, 0.4) is 0 Å². The molecule has 3 amide bonds. The van der Waals surface area contributed by atoms with Gasteiger partial charge in [0.25, 0.3) is 0 Å². The molecule has 30 heavy (non-hydrogen) atoms. The van der Waals surface area contributed by atoms with Crippen LogP contribution in [0.25, 0.3) is 0 Å². The van der Waals surface area contributed by atoms with Gasteiger partial charge in [0.1, 0.15) is 6.54 Å². The molecule has 0 aliphatic heterocycles. The number of amides is 3. The fraction of sp³-hybridized carbons (Fsp3) is 0.500. The number of carbonyl (C=O) groups excluding carboxylic acids is 2. The second-order valence-electron chi connectivity index (χ2n) is 8.00. The van der Waals surface area contributed by atoms with E-state index >= 15 is 0 Å². The van der Waals surface area contributed by atoms with Crippen LogP contribution < -0.4 is 5.32 Å². The lowest BCUT2D eigenvalue weighted by atomic mass is 9.94. The summed E-state index contributed by atoms with van der Waals surface area (Å²) >= 11 is 1.72. The molecule has 1 aromatic heterocycles. The molecule has 1 N–H and O–H groups in total. The Morgan fingerprint density at radius 2 is 1.77 bits per heavy atom. The van der Waals surface area contributed by atoms with Crippen molar-refractivity contribution in [2.24, 2.45) is 0 Å². The average Bonchev–Trinajstić information content (AvgIpc) is 3.17. The van der Waals surface area contributed by atoms with E-state index in [-0.39, 0.29) is 24.5 Å². The van der Waals surface area contributed by atoms with E-state index in [1.54, 1.807) is 16.2 Å². The topological polar surface area (TPSA) is 52.7 Å². The van der Waals surface area contributed by atoms with E-state index < -0.39 is 0 Å². The molecule has 162 valence electrons. The van der Waals surface area contributed by atoms with Gasteiger partial charge in [-0.15, -0.1) is 11.3 Å². The van der Waals surface area contributed by atoms with Crippen LogP contribution in [0.2, 0.25) is 0 Å². The van der Waals surface area contributed by atoms with Crippen molar-refractivity contribution in [3.63, 3.8) is 0 Å². The Balaban J connectivity index is 1.77. The Morgan fingerprint density at radius 1 is 1.03 bits per heavy atom. The molecule has 2 aromatic rings. The molecule has 1 fully saturated rings. The zero-order valence-electron chi connectivity index (χ0n) is 18.1. The van der Waals surface area contributed by atoms with Crippen molar-refractivity contribution in [1.29, 1.82) is 0 Å². The van der Waals surface area contributed by atoms with Gasteiger partial charge < -0.3 is 15.1 Å². The molecule has 1 saturated carbocycles. The van der Waals surface area contributed by atoms with Crippen molar-refractivity contribution in [2.45, 2.75) is 65.1 Å². The van der Waals surface area contributed by atoms with Crippen molar-refractivity contribution in [3.8, 4) is 0 Å². The van der Waals surface area contributed by atoms with Gasteiger partial charge in [0.2, 0.25) is 5.91 Å². The van der Waals surface area contributed by atoms with Crippen LogP contribution in [0.1, 0.15) is 54.3 Å². The lowest BCUT2D eigenvalue weighted by Crippen LogP contribution is -2.51.